The Hall–Kier alpha value is -5.37. The lowest BCUT2D eigenvalue weighted by Crippen LogP contribution is -2.14. The van der Waals surface area contributed by atoms with Crippen LogP contribution in [0.4, 0.5) is 11.4 Å². The third-order valence-electron chi connectivity index (χ3n) is 4.96. The highest BCUT2D eigenvalue weighted by molar-refractivity contribution is 6.13. The van der Waals surface area contributed by atoms with Gasteiger partial charge in [0, 0.05) is 16.8 Å². The molecule has 0 unspecified atom stereocenters. The molecule has 11 heteroatoms. The van der Waals surface area contributed by atoms with Gasteiger partial charge in [-0.25, -0.2) is 0 Å². The SMILES string of the molecule is N#Cc1ccc(NC(=O)c2noc3ccc(NC(=O)c4ccccc4)cc23)c(-c2nn[nH]n2)c1. The summed E-state index contributed by atoms with van der Waals surface area (Å²) in [6.07, 6.45) is 0. The number of fused-ring (bicyclic) bond motifs is 1. The van der Waals surface area contributed by atoms with E-state index in [4.69, 9.17) is 4.52 Å². The summed E-state index contributed by atoms with van der Waals surface area (Å²) in [5.74, 6) is -0.632. The second-order valence-electron chi connectivity index (χ2n) is 7.12. The molecule has 34 heavy (non-hydrogen) atoms. The van der Waals surface area contributed by atoms with Crippen molar-refractivity contribution in [1.29, 1.82) is 5.26 Å². The zero-order chi connectivity index (χ0) is 23.5. The molecule has 0 fully saturated rings. The van der Waals surface area contributed by atoms with Crippen LogP contribution in [-0.4, -0.2) is 37.6 Å². The number of amides is 2. The van der Waals surface area contributed by atoms with Crippen LogP contribution in [0.2, 0.25) is 0 Å². The van der Waals surface area contributed by atoms with Gasteiger partial charge in [0.15, 0.2) is 11.3 Å². The summed E-state index contributed by atoms with van der Waals surface area (Å²) in [5.41, 5.74) is 2.50. The van der Waals surface area contributed by atoms with E-state index in [2.05, 4.69) is 36.4 Å². The number of carbonyl (C=O) groups excluding carboxylic acids is 2. The number of aromatic amines is 1. The summed E-state index contributed by atoms with van der Waals surface area (Å²) in [6.45, 7) is 0. The number of carbonyl (C=O) groups is 2. The summed E-state index contributed by atoms with van der Waals surface area (Å²) >= 11 is 0. The van der Waals surface area contributed by atoms with E-state index in [1.807, 2.05) is 12.1 Å². The molecule has 164 valence electrons. The van der Waals surface area contributed by atoms with Crippen LogP contribution in [0.5, 0.6) is 0 Å². The number of benzene rings is 3. The topological polar surface area (TPSA) is 162 Å². The minimum Gasteiger partial charge on any atom is -0.355 e. The molecule has 11 nitrogen and oxygen atoms in total. The minimum absolute atomic E-state index is 0.0224. The van der Waals surface area contributed by atoms with Gasteiger partial charge in [0.05, 0.1) is 22.7 Å². The number of hydrogen-bond donors (Lipinski definition) is 3. The number of nitriles is 1. The highest BCUT2D eigenvalue weighted by Crippen LogP contribution is 2.28. The lowest BCUT2D eigenvalue weighted by molar-refractivity contribution is 0.101. The first-order valence-electron chi connectivity index (χ1n) is 9.97. The van der Waals surface area contributed by atoms with E-state index in [0.717, 1.165) is 0 Å². The van der Waals surface area contributed by atoms with Crippen molar-refractivity contribution in [3.8, 4) is 17.5 Å². The first-order chi connectivity index (χ1) is 16.6. The molecule has 0 atom stereocenters. The summed E-state index contributed by atoms with van der Waals surface area (Å²) in [4.78, 5) is 25.5. The van der Waals surface area contributed by atoms with Crippen molar-refractivity contribution >= 4 is 34.2 Å². The predicted octanol–water partition coefficient (Wildman–Crippen LogP) is 3.38. The largest absolute Gasteiger partial charge is 0.355 e. The van der Waals surface area contributed by atoms with Crippen molar-refractivity contribution in [1.82, 2.24) is 25.8 Å². The molecule has 3 aromatic carbocycles. The molecule has 0 spiro atoms. The fourth-order valence-electron chi connectivity index (χ4n) is 3.34. The first-order valence-corrected chi connectivity index (χ1v) is 9.97. The normalized spacial score (nSPS) is 10.6. The van der Waals surface area contributed by atoms with Crippen LogP contribution in [-0.2, 0) is 0 Å². The molecule has 0 aliphatic rings. The van der Waals surface area contributed by atoms with Gasteiger partial charge in [-0.1, -0.05) is 23.4 Å². The Morgan fingerprint density at radius 2 is 1.82 bits per heavy atom. The lowest BCUT2D eigenvalue weighted by atomic mass is 10.1. The van der Waals surface area contributed by atoms with Gasteiger partial charge in [0.1, 0.15) is 0 Å². The minimum atomic E-state index is -0.556. The van der Waals surface area contributed by atoms with E-state index in [1.165, 1.54) is 0 Å². The maximum atomic E-state index is 13.1. The van der Waals surface area contributed by atoms with E-state index in [0.29, 0.717) is 39.0 Å². The first kappa shape index (κ1) is 20.5. The Labute approximate surface area is 191 Å². The van der Waals surface area contributed by atoms with Crippen molar-refractivity contribution < 1.29 is 14.1 Å². The van der Waals surface area contributed by atoms with Crippen LogP contribution in [0.15, 0.2) is 71.3 Å². The van der Waals surface area contributed by atoms with Crippen LogP contribution in [0.1, 0.15) is 26.4 Å². The Balaban J connectivity index is 1.44. The second-order valence-corrected chi connectivity index (χ2v) is 7.12. The molecule has 2 amide bonds. The number of nitrogens with one attached hydrogen (secondary N) is 3. The second kappa shape index (κ2) is 8.64. The van der Waals surface area contributed by atoms with E-state index in [1.54, 1.807) is 60.7 Å². The zero-order valence-corrected chi connectivity index (χ0v) is 17.3. The van der Waals surface area contributed by atoms with Crippen molar-refractivity contribution in [3.63, 3.8) is 0 Å². The molecule has 2 heterocycles. The van der Waals surface area contributed by atoms with Gasteiger partial charge in [-0.15, -0.1) is 10.2 Å². The van der Waals surface area contributed by atoms with E-state index >= 15 is 0 Å². The standard InChI is InChI=1S/C23H14N8O3/c24-12-13-6-8-18(16(10-13)21-27-30-31-28-21)26-23(33)20-17-11-15(7-9-19(17)34-29-20)25-22(32)14-4-2-1-3-5-14/h1-11H,(H,25,32)(H,26,33)(H,27,28,30,31). The highest BCUT2D eigenvalue weighted by atomic mass is 16.5. The van der Waals surface area contributed by atoms with Crippen molar-refractivity contribution in [2.75, 3.05) is 10.6 Å². The van der Waals surface area contributed by atoms with Gasteiger partial charge in [-0.2, -0.15) is 10.5 Å². The summed E-state index contributed by atoms with van der Waals surface area (Å²) < 4.78 is 5.29. The molecular weight excluding hydrogens is 436 g/mol. The van der Waals surface area contributed by atoms with Crippen molar-refractivity contribution in [2.45, 2.75) is 0 Å². The number of rotatable bonds is 5. The Kier molecular flexibility index (Phi) is 5.21. The third-order valence-corrected chi connectivity index (χ3v) is 4.96. The van der Waals surface area contributed by atoms with E-state index in [-0.39, 0.29) is 17.4 Å². The van der Waals surface area contributed by atoms with Crippen molar-refractivity contribution in [2.24, 2.45) is 0 Å². The molecule has 5 rings (SSSR count). The Morgan fingerprint density at radius 1 is 0.971 bits per heavy atom. The maximum Gasteiger partial charge on any atom is 0.278 e. The molecule has 0 radical (unpaired) electrons. The molecule has 5 aromatic rings. The van der Waals surface area contributed by atoms with Crippen LogP contribution in [0.25, 0.3) is 22.4 Å². The van der Waals surface area contributed by atoms with Gasteiger partial charge in [0.25, 0.3) is 11.8 Å². The molecule has 0 bridgehead atoms. The summed E-state index contributed by atoms with van der Waals surface area (Å²) in [7, 11) is 0. The molecule has 0 saturated carbocycles. The monoisotopic (exact) mass is 450 g/mol. The van der Waals surface area contributed by atoms with Crippen molar-refractivity contribution in [3.05, 3.63) is 83.6 Å². The molecule has 0 aliphatic carbocycles. The van der Waals surface area contributed by atoms with E-state index < -0.39 is 5.91 Å². The number of anilines is 2. The van der Waals surface area contributed by atoms with Gasteiger partial charge in [-0.05, 0) is 53.7 Å². The summed E-state index contributed by atoms with van der Waals surface area (Å²) in [6, 6.07) is 20.3. The molecule has 0 saturated heterocycles. The average Bonchev–Trinajstić information content (AvgIpc) is 3.55. The Morgan fingerprint density at radius 3 is 2.59 bits per heavy atom. The molecule has 3 N–H and O–H groups in total. The smallest absolute Gasteiger partial charge is 0.278 e. The van der Waals surface area contributed by atoms with Crippen LogP contribution < -0.4 is 10.6 Å². The quantitative estimate of drug-likeness (QED) is 0.367. The fourth-order valence-corrected chi connectivity index (χ4v) is 3.34. The maximum absolute atomic E-state index is 13.1. The molecule has 2 aromatic heterocycles. The average molecular weight is 450 g/mol. The number of H-pyrrole nitrogens is 1. The fraction of sp³-hybridized carbons (Fsp3) is 0. The third kappa shape index (κ3) is 3.94. The summed E-state index contributed by atoms with van der Waals surface area (Å²) in [5, 5.41) is 32.8. The number of aromatic nitrogens is 5. The van der Waals surface area contributed by atoms with Crippen LogP contribution >= 0.6 is 0 Å². The van der Waals surface area contributed by atoms with Gasteiger partial charge in [0.2, 0.25) is 5.82 Å². The van der Waals surface area contributed by atoms with Crippen LogP contribution in [0.3, 0.4) is 0 Å². The number of tetrazole rings is 1. The molecule has 0 aliphatic heterocycles. The van der Waals surface area contributed by atoms with Crippen LogP contribution in [0, 0.1) is 11.3 Å². The van der Waals surface area contributed by atoms with Gasteiger partial charge in [-0.3, -0.25) is 9.59 Å². The van der Waals surface area contributed by atoms with Gasteiger partial charge >= 0.3 is 0 Å². The van der Waals surface area contributed by atoms with E-state index in [9.17, 15) is 14.9 Å². The zero-order valence-electron chi connectivity index (χ0n) is 17.3. The lowest BCUT2D eigenvalue weighted by Gasteiger charge is -2.08. The predicted molar refractivity (Wildman–Crippen MR) is 121 cm³/mol. The Bertz CT molecular complexity index is 1550. The number of hydrogen-bond acceptors (Lipinski definition) is 8. The van der Waals surface area contributed by atoms with Gasteiger partial charge < -0.3 is 15.2 Å². The highest BCUT2D eigenvalue weighted by Gasteiger charge is 2.20. The number of nitrogens with zero attached hydrogens (tertiary/aromatic N) is 5. The molecular formula is C23H14N8O3.